The summed E-state index contributed by atoms with van der Waals surface area (Å²) in [6.07, 6.45) is 3.21. The standard InChI is InChI=1S/C18H23N7S.HI/c1-4-20-18(22-10-17-13(2)24-14(3)26-17)21-9-15-5-7-16(8-6-15)25-12-19-11-23-25;/h5-8,11-12H,4,9-10H2,1-3H3,(H2,20,21,22);1H. The second-order valence-corrected chi connectivity index (χ2v) is 7.08. The van der Waals surface area contributed by atoms with Gasteiger partial charge in [0.1, 0.15) is 12.7 Å². The fraction of sp³-hybridized carbons (Fsp3) is 0.333. The van der Waals surface area contributed by atoms with Gasteiger partial charge in [0.2, 0.25) is 0 Å². The molecular formula is C18H24IN7S. The number of benzene rings is 1. The van der Waals surface area contributed by atoms with Gasteiger partial charge in [-0.1, -0.05) is 12.1 Å². The highest BCUT2D eigenvalue weighted by atomic mass is 127. The van der Waals surface area contributed by atoms with Crippen molar-refractivity contribution in [3.05, 3.63) is 58.1 Å². The lowest BCUT2D eigenvalue weighted by Crippen LogP contribution is -2.36. The highest BCUT2D eigenvalue weighted by molar-refractivity contribution is 14.0. The molecule has 0 unspecified atom stereocenters. The number of guanidine groups is 1. The molecule has 3 aromatic rings. The van der Waals surface area contributed by atoms with Gasteiger partial charge < -0.3 is 10.6 Å². The maximum atomic E-state index is 4.67. The molecule has 2 heterocycles. The number of aryl methyl sites for hydroxylation is 2. The Bertz CT molecular complexity index is 856. The summed E-state index contributed by atoms with van der Waals surface area (Å²) < 4.78 is 1.73. The van der Waals surface area contributed by atoms with Crippen LogP contribution in [0, 0.1) is 13.8 Å². The molecule has 9 heteroatoms. The van der Waals surface area contributed by atoms with E-state index in [-0.39, 0.29) is 24.0 Å². The van der Waals surface area contributed by atoms with Gasteiger partial charge in [0, 0.05) is 11.4 Å². The number of halogens is 1. The summed E-state index contributed by atoms with van der Waals surface area (Å²) in [6.45, 7) is 8.29. The molecular weight excluding hydrogens is 473 g/mol. The minimum Gasteiger partial charge on any atom is -0.357 e. The van der Waals surface area contributed by atoms with Crippen molar-refractivity contribution in [2.75, 3.05) is 6.54 Å². The first-order chi connectivity index (χ1) is 12.7. The summed E-state index contributed by atoms with van der Waals surface area (Å²) in [7, 11) is 0. The third-order valence-electron chi connectivity index (χ3n) is 3.80. The zero-order chi connectivity index (χ0) is 18.4. The Morgan fingerprint density at radius 1 is 1.19 bits per heavy atom. The number of thiazole rings is 1. The van der Waals surface area contributed by atoms with E-state index in [9.17, 15) is 0 Å². The Hall–Kier alpha value is -2.01. The van der Waals surface area contributed by atoms with Crippen molar-refractivity contribution in [1.29, 1.82) is 0 Å². The maximum absolute atomic E-state index is 4.67. The van der Waals surface area contributed by atoms with E-state index in [4.69, 9.17) is 0 Å². The van der Waals surface area contributed by atoms with Gasteiger partial charge >= 0.3 is 0 Å². The van der Waals surface area contributed by atoms with Gasteiger partial charge in [0.15, 0.2) is 5.96 Å². The van der Waals surface area contributed by atoms with Crippen molar-refractivity contribution in [3.8, 4) is 5.69 Å². The first-order valence-corrected chi connectivity index (χ1v) is 9.36. The third-order valence-corrected chi connectivity index (χ3v) is 4.87. The zero-order valence-electron chi connectivity index (χ0n) is 15.6. The van der Waals surface area contributed by atoms with E-state index in [1.807, 2.05) is 26.0 Å². The van der Waals surface area contributed by atoms with Crippen LogP contribution in [0.1, 0.15) is 28.1 Å². The van der Waals surface area contributed by atoms with Gasteiger partial charge in [-0.2, -0.15) is 5.10 Å². The monoisotopic (exact) mass is 497 g/mol. The molecule has 0 aliphatic heterocycles. The number of hydrogen-bond acceptors (Lipinski definition) is 5. The SMILES string of the molecule is CCNC(=NCc1ccc(-n2cncn2)cc1)NCc1sc(C)nc1C.I. The molecule has 0 amide bonds. The normalized spacial score (nSPS) is 11.1. The summed E-state index contributed by atoms with van der Waals surface area (Å²) >= 11 is 1.72. The fourth-order valence-corrected chi connectivity index (χ4v) is 3.39. The van der Waals surface area contributed by atoms with Crippen LogP contribution >= 0.6 is 35.3 Å². The van der Waals surface area contributed by atoms with Crippen molar-refractivity contribution in [2.24, 2.45) is 4.99 Å². The number of rotatable bonds is 6. The topological polar surface area (TPSA) is 80.0 Å². The predicted molar refractivity (Wildman–Crippen MR) is 120 cm³/mol. The molecule has 0 spiro atoms. The van der Waals surface area contributed by atoms with E-state index in [2.05, 4.69) is 49.7 Å². The summed E-state index contributed by atoms with van der Waals surface area (Å²) in [5.41, 5.74) is 3.20. The minimum absolute atomic E-state index is 0. The summed E-state index contributed by atoms with van der Waals surface area (Å²) in [6, 6.07) is 8.15. The fourth-order valence-electron chi connectivity index (χ4n) is 2.51. The van der Waals surface area contributed by atoms with Gasteiger partial charge in [-0.25, -0.2) is 19.6 Å². The van der Waals surface area contributed by atoms with Gasteiger partial charge in [0.25, 0.3) is 0 Å². The van der Waals surface area contributed by atoms with Crippen LogP contribution in [0.15, 0.2) is 41.9 Å². The van der Waals surface area contributed by atoms with Crippen molar-refractivity contribution < 1.29 is 0 Å². The summed E-state index contributed by atoms with van der Waals surface area (Å²) in [5.74, 6) is 0.804. The lowest BCUT2D eigenvalue weighted by atomic mass is 10.2. The van der Waals surface area contributed by atoms with E-state index in [1.165, 1.54) is 11.2 Å². The number of aromatic nitrogens is 4. The molecule has 0 saturated carbocycles. The molecule has 0 atom stereocenters. The lowest BCUT2D eigenvalue weighted by molar-refractivity contribution is 0.818. The molecule has 0 saturated heterocycles. The van der Waals surface area contributed by atoms with E-state index >= 15 is 0 Å². The van der Waals surface area contributed by atoms with E-state index in [0.29, 0.717) is 6.54 Å². The van der Waals surface area contributed by atoms with Crippen LogP contribution < -0.4 is 10.6 Å². The van der Waals surface area contributed by atoms with Crippen molar-refractivity contribution >= 4 is 41.3 Å². The van der Waals surface area contributed by atoms with Gasteiger partial charge in [-0.05, 0) is 38.5 Å². The largest absolute Gasteiger partial charge is 0.357 e. The number of nitrogens with zero attached hydrogens (tertiary/aromatic N) is 5. The first kappa shape index (κ1) is 21.3. The number of aliphatic imine (C=N–C) groups is 1. The van der Waals surface area contributed by atoms with Crippen molar-refractivity contribution in [1.82, 2.24) is 30.4 Å². The maximum Gasteiger partial charge on any atom is 0.191 e. The molecule has 0 aliphatic carbocycles. The number of hydrogen-bond donors (Lipinski definition) is 2. The highest BCUT2D eigenvalue weighted by Crippen LogP contribution is 2.16. The Morgan fingerprint density at radius 3 is 2.56 bits per heavy atom. The van der Waals surface area contributed by atoms with Crippen LogP contribution in [0.5, 0.6) is 0 Å². The second kappa shape index (κ2) is 10.4. The van der Waals surface area contributed by atoms with Crippen LogP contribution in [0.25, 0.3) is 5.69 Å². The van der Waals surface area contributed by atoms with E-state index in [0.717, 1.165) is 41.0 Å². The minimum atomic E-state index is 0. The molecule has 144 valence electrons. The molecule has 0 radical (unpaired) electrons. The van der Waals surface area contributed by atoms with Gasteiger partial charge in [-0.3, -0.25) is 0 Å². The smallest absolute Gasteiger partial charge is 0.191 e. The van der Waals surface area contributed by atoms with Crippen LogP contribution in [0.2, 0.25) is 0 Å². The molecule has 1 aromatic carbocycles. The van der Waals surface area contributed by atoms with Crippen LogP contribution in [0.3, 0.4) is 0 Å². The molecule has 2 aromatic heterocycles. The van der Waals surface area contributed by atoms with E-state index < -0.39 is 0 Å². The molecule has 0 aliphatic rings. The molecule has 27 heavy (non-hydrogen) atoms. The Labute approximate surface area is 180 Å². The first-order valence-electron chi connectivity index (χ1n) is 8.54. The average Bonchev–Trinajstić information content (AvgIpc) is 3.27. The lowest BCUT2D eigenvalue weighted by Gasteiger charge is -2.11. The van der Waals surface area contributed by atoms with Crippen LogP contribution in [-0.4, -0.2) is 32.3 Å². The highest BCUT2D eigenvalue weighted by Gasteiger charge is 2.06. The van der Waals surface area contributed by atoms with Crippen LogP contribution in [0.4, 0.5) is 0 Å². The molecule has 3 rings (SSSR count). The van der Waals surface area contributed by atoms with Crippen LogP contribution in [-0.2, 0) is 13.1 Å². The summed E-state index contributed by atoms with van der Waals surface area (Å²) in [5, 5.41) is 11.9. The van der Waals surface area contributed by atoms with Gasteiger partial charge in [-0.15, -0.1) is 35.3 Å². The Kier molecular flexibility index (Phi) is 8.17. The predicted octanol–water partition coefficient (Wildman–Crippen LogP) is 3.21. The second-order valence-electron chi connectivity index (χ2n) is 5.80. The summed E-state index contributed by atoms with van der Waals surface area (Å²) in [4.78, 5) is 14.3. The van der Waals surface area contributed by atoms with Gasteiger partial charge in [0.05, 0.1) is 29.5 Å². The molecule has 0 fully saturated rings. The third kappa shape index (κ3) is 5.99. The van der Waals surface area contributed by atoms with E-state index in [1.54, 1.807) is 22.3 Å². The van der Waals surface area contributed by atoms with Crippen molar-refractivity contribution in [2.45, 2.75) is 33.9 Å². The number of nitrogens with one attached hydrogen (secondary N) is 2. The Morgan fingerprint density at radius 2 is 1.96 bits per heavy atom. The molecule has 0 bridgehead atoms. The molecule has 2 N–H and O–H groups in total. The zero-order valence-corrected chi connectivity index (χ0v) is 18.8. The average molecular weight is 497 g/mol. The quantitative estimate of drug-likeness (QED) is 0.311. The van der Waals surface area contributed by atoms with Crippen molar-refractivity contribution in [3.63, 3.8) is 0 Å². The molecule has 7 nitrogen and oxygen atoms in total. The Balaban J connectivity index is 0.00000261.